The van der Waals surface area contributed by atoms with Gasteiger partial charge in [-0.3, -0.25) is 0 Å². The molecule has 0 N–H and O–H groups in total. The zero-order chi connectivity index (χ0) is 18.7. The first kappa shape index (κ1) is 18.4. The molecule has 0 spiro atoms. The van der Waals surface area contributed by atoms with Crippen molar-refractivity contribution >= 4 is 10.0 Å². The van der Waals surface area contributed by atoms with Crippen molar-refractivity contribution in [3.63, 3.8) is 0 Å². The predicted molar refractivity (Wildman–Crippen MR) is 99.5 cm³/mol. The second kappa shape index (κ2) is 7.48. The van der Waals surface area contributed by atoms with Gasteiger partial charge in [0.05, 0.1) is 16.5 Å². The van der Waals surface area contributed by atoms with Crippen LogP contribution < -0.4 is 4.74 Å². The molecular weight excluding hydrogens is 348 g/mol. The molecule has 136 valence electrons. The third kappa shape index (κ3) is 4.06. The Morgan fingerprint density at radius 2 is 1.85 bits per heavy atom. The molecular formula is C20H22N2O3S. The van der Waals surface area contributed by atoms with Gasteiger partial charge in [0.1, 0.15) is 12.4 Å². The van der Waals surface area contributed by atoms with Gasteiger partial charge in [0.25, 0.3) is 0 Å². The fraction of sp³-hybridized carbons (Fsp3) is 0.350. The van der Waals surface area contributed by atoms with Crippen LogP contribution in [0.2, 0.25) is 0 Å². The standard InChI is InChI=1S/C20H22N2O3S/c1-15-3-4-16(2)20(13-15)25-12-11-22(18-7-8-18)26(23,24)19-9-5-17(14-21)6-10-19/h3-6,9-10,13,18H,7-8,11-12H2,1-2H3. The minimum Gasteiger partial charge on any atom is -0.492 e. The van der Waals surface area contributed by atoms with E-state index in [1.54, 1.807) is 0 Å². The Morgan fingerprint density at radius 3 is 2.46 bits per heavy atom. The van der Waals surface area contributed by atoms with Gasteiger partial charge in [0, 0.05) is 12.6 Å². The van der Waals surface area contributed by atoms with E-state index < -0.39 is 10.0 Å². The molecule has 0 atom stereocenters. The smallest absolute Gasteiger partial charge is 0.243 e. The molecule has 0 aliphatic heterocycles. The average molecular weight is 370 g/mol. The van der Waals surface area contributed by atoms with Crippen LogP contribution in [0, 0.1) is 25.2 Å². The highest BCUT2D eigenvalue weighted by Crippen LogP contribution is 2.32. The van der Waals surface area contributed by atoms with E-state index in [0.717, 1.165) is 29.7 Å². The summed E-state index contributed by atoms with van der Waals surface area (Å²) in [5, 5.41) is 8.88. The fourth-order valence-corrected chi connectivity index (χ4v) is 4.48. The second-order valence-electron chi connectivity index (χ2n) is 6.60. The van der Waals surface area contributed by atoms with Crippen LogP contribution in [0.3, 0.4) is 0 Å². The number of hydrogen-bond acceptors (Lipinski definition) is 4. The Bertz CT molecular complexity index is 927. The van der Waals surface area contributed by atoms with E-state index in [1.165, 1.54) is 28.6 Å². The van der Waals surface area contributed by atoms with Gasteiger partial charge in [-0.15, -0.1) is 0 Å². The van der Waals surface area contributed by atoms with Crippen molar-refractivity contribution in [2.45, 2.75) is 37.6 Å². The monoisotopic (exact) mass is 370 g/mol. The quantitative estimate of drug-likeness (QED) is 0.749. The van der Waals surface area contributed by atoms with E-state index in [1.807, 2.05) is 38.1 Å². The van der Waals surface area contributed by atoms with Crippen LogP contribution in [0.25, 0.3) is 0 Å². The van der Waals surface area contributed by atoms with Crippen molar-refractivity contribution in [2.75, 3.05) is 13.2 Å². The normalized spacial score (nSPS) is 14.2. The SMILES string of the molecule is Cc1ccc(C)c(OCCN(C2CC2)S(=O)(=O)c2ccc(C#N)cc2)c1. The van der Waals surface area contributed by atoms with Crippen LogP contribution in [0.4, 0.5) is 0 Å². The molecule has 0 unspecified atom stereocenters. The van der Waals surface area contributed by atoms with Crippen LogP contribution in [0.15, 0.2) is 47.4 Å². The Balaban J connectivity index is 1.72. The first-order chi connectivity index (χ1) is 12.4. The Kier molecular flexibility index (Phi) is 5.30. The lowest BCUT2D eigenvalue weighted by Gasteiger charge is -2.22. The van der Waals surface area contributed by atoms with Gasteiger partial charge < -0.3 is 4.74 Å². The molecule has 2 aromatic rings. The van der Waals surface area contributed by atoms with E-state index in [-0.39, 0.29) is 10.9 Å². The Morgan fingerprint density at radius 1 is 1.15 bits per heavy atom. The molecule has 2 aromatic carbocycles. The summed E-state index contributed by atoms with van der Waals surface area (Å²) in [6, 6.07) is 14.1. The van der Waals surface area contributed by atoms with Gasteiger partial charge in [-0.25, -0.2) is 8.42 Å². The van der Waals surface area contributed by atoms with Crippen LogP contribution in [0.5, 0.6) is 5.75 Å². The van der Waals surface area contributed by atoms with E-state index in [9.17, 15) is 8.42 Å². The summed E-state index contributed by atoms with van der Waals surface area (Å²) < 4.78 is 33.3. The molecule has 0 heterocycles. The highest BCUT2D eigenvalue weighted by Gasteiger charge is 2.37. The lowest BCUT2D eigenvalue weighted by Crippen LogP contribution is -2.36. The van der Waals surface area contributed by atoms with Crippen molar-refractivity contribution in [3.05, 3.63) is 59.2 Å². The number of benzene rings is 2. The molecule has 3 rings (SSSR count). The molecule has 1 fully saturated rings. The lowest BCUT2D eigenvalue weighted by molar-refractivity contribution is 0.267. The highest BCUT2D eigenvalue weighted by molar-refractivity contribution is 7.89. The molecule has 1 aliphatic rings. The van der Waals surface area contributed by atoms with Gasteiger partial charge in [0.2, 0.25) is 10.0 Å². The summed E-state index contributed by atoms with van der Waals surface area (Å²) in [5.41, 5.74) is 2.58. The van der Waals surface area contributed by atoms with E-state index >= 15 is 0 Å². The number of nitriles is 1. The summed E-state index contributed by atoms with van der Waals surface area (Å²) in [6.07, 6.45) is 1.75. The molecule has 0 amide bonds. The van der Waals surface area contributed by atoms with Crippen molar-refractivity contribution in [1.29, 1.82) is 5.26 Å². The van der Waals surface area contributed by atoms with Gasteiger partial charge in [-0.05, 0) is 68.1 Å². The number of sulfonamides is 1. The summed E-state index contributed by atoms with van der Waals surface area (Å²) in [5.74, 6) is 0.788. The average Bonchev–Trinajstić information content (AvgIpc) is 3.46. The second-order valence-corrected chi connectivity index (χ2v) is 8.49. The zero-order valence-corrected chi connectivity index (χ0v) is 15.8. The number of aryl methyl sites for hydroxylation is 2. The van der Waals surface area contributed by atoms with Crippen LogP contribution >= 0.6 is 0 Å². The molecule has 5 nitrogen and oxygen atoms in total. The summed E-state index contributed by atoms with van der Waals surface area (Å²) in [7, 11) is -3.59. The van der Waals surface area contributed by atoms with Crippen LogP contribution in [0.1, 0.15) is 29.5 Å². The Labute approximate surface area is 154 Å². The molecule has 0 aromatic heterocycles. The minimum absolute atomic E-state index is 0.0397. The first-order valence-electron chi connectivity index (χ1n) is 8.64. The maximum atomic E-state index is 13.0. The number of rotatable bonds is 7. The molecule has 1 saturated carbocycles. The first-order valence-corrected chi connectivity index (χ1v) is 10.1. The number of hydrogen-bond donors (Lipinski definition) is 0. The topological polar surface area (TPSA) is 70.4 Å². The lowest BCUT2D eigenvalue weighted by atomic mass is 10.1. The molecule has 0 saturated heterocycles. The highest BCUT2D eigenvalue weighted by atomic mass is 32.2. The Hall–Kier alpha value is -2.36. The number of ether oxygens (including phenoxy) is 1. The largest absolute Gasteiger partial charge is 0.492 e. The molecule has 0 radical (unpaired) electrons. The maximum Gasteiger partial charge on any atom is 0.243 e. The van der Waals surface area contributed by atoms with E-state index in [0.29, 0.717) is 18.7 Å². The van der Waals surface area contributed by atoms with Gasteiger partial charge >= 0.3 is 0 Å². The van der Waals surface area contributed by atoms with Gasteiger partial charge in [-0.1, -0.05) is 12.1 Å². The third-order valence-corrected chi connectivity index (χ3v) is 6.42. The third-order valence-electron chi connectivity index (χ3n) is 4.46. The van der Waals surface area contributed by atoms with E-state index in [2.05, 4.69) is 0 Å². The fourth-order valence-electron chi connectivity index (χ4n) is 2.81. The van der Waals surface area contributed by atoms with Gasteiger partial charge in [0.15, 0.2) is 0 Å². The van der Waals surface area contributed by atoms with Crippen molar-refractivity contribution in [1.82, 2.24) is 4.31 Å². The van der Waals surface area contributed by atoms with Gasteiger partial charge in [-0.2, -0.15) is 9.57 Å². The molecule has 1 aliphatic carbocycles. The summed E-state index contributed by atoms with van der Waals surface area (Å²) >= 11 is 0. The summed E-state index contributed by atoms with van der Waals surface area (Å²) in [6.45, 7) is 4.58. The summed E-state index contributed by atoms with van der Waals surface area (Å²) in [4.78, 5) is 0.218. The zero-order valence-electron chi connectivity index (χ0n) is 15.0. The maximum absolute atomic E-state index is 13.0. The van der Waals surface area contributed by atoms with Crippen molar-refractivity contribution in [3.8, 4) is 11.8 Å². The predicted octanol–water partition coefficient (Wildman–Crippen LogP) is 3.41. The van der Waals surface area contributed by atoms with Crippen LogP contribution in [-0.2, 0) is 10.0 Å². The van der Waals surface area contributed by atoms with Crippen molar-refractivity contribution in [2.24, 2.45) is 0 Å². The number of nitrogens with zero attached hydrogens (tertiary/aromatic N) is 2. The molecule has 0 bridgehead atoms. The molecule has 26 heavy (non-hydrogen) atoms. The van der Waals surface area contributed by atoms with Crippen LogP contribution in [-0.4, -0.2) is 31.9 Å². The molecule has 6 heteroatoms. The minimum atomic E-state index is -3.59. The van der Waals surface area contributed by atoms with Crippen molar-refractivity contribution < 1.29 is 13.2 Å². The van der Waals surface area contributed by atoms with E-state index in [4.69, 9.17) is 10.00 Å².